The van der Waals surface area contributed by atoms with E-state index < -0.39 is 0 Å². The molecule has 1 aromatic rings. The molecule has 0 amide bonds. The zero-order chi connectivity index (χ0) is 14.3. The summed E-state index contributed by atoms with van der Waals surface area (Å²) in [7, 11) is 0. The van der Waals surface area contributed by atoms with Crippen LogP contribution in [0.5, 0.6) is 0 Å². The molecule has 3 rings (SSSR count). The van der Waals surface area contributed by atoms with Gasteiger partial charge in [0.1, 0.15) is 11.1 Å². The van der Waals surface area contributed by atoms with E-state index in [-0.39, 0.29) is 11.2 Å². The smallest absolute Gasteiger partial charge is 0.173 e. The van der Waals surface area contributed by atoms with Crippen LogP contribution in [0, 0.1) is 16.7 Å². The number of nitrogens with zero attached hydrogens (tertiary/aromatic N) is 2. The van der Waals surface area contributed by atoms with Gasteiger partial charge in [-0.15, -0.1) is 11.3 Å². The van der Waals surface area contributed by atoms with E-state index in [2.05, 4.69) is 24.8 Å². The minimum atomic E-state index is -0.0426. The molecule has 1 aromatic heterocycles. The van der Waals surface area contributed by atoms with Gasteiger partial charge in [0, 0.05) is 19.5 Å². The zero-order valence-corrected chi connectivity index (χ0v) is 12.7. The van der Waals surface area contributed by atoms with Crippen LogP contribution in [0.1, 0.15) is 41.1 Å². The molecule has 1 fully saturated rings. The predicted molar refractivity (Wildman–Crippen MR) is 78.5 cm³/mol. The van der Waals surface area contributed by atoms with Crippen LogP contribution in [0.15, 0.2) is 0 Å². The lowest BCUT2D eigenvalue weighted by molar-refractivity contribution is 0.0917. The summed E-state index contributed by atoms with van der Waals surface area (Å²) in [6, 6.07) is 2.34. The van der Waals surface area contributed by atoms with Gasteiger partial charge in [-0.05, 0) is 17.4 Å². The van der Waals surface area contributed by atoms with Crippen molar-refractivity contribution in [1.29, 1.82) is 5.26 Å². The monoisotopic (exact) mass is 290 g/mol. The number of hydrogen-bond acceptors (Lipinski definition) is 5. The Bertz CT molecular complexity index is 592. The normalized spacial score (nSPS) is 21.4. The lowest BCUT2D eigenvalue weighted by Crippen LogP contribution is -2.36. The second-order valence-electron chi connectivity index (χ2n) is 6.24. The van der Waals surface area contributed by atoms with E-state index in [9.17, 15) is 10.1 Å². The van der Waals surface area contributed by atoms with Crippen molar-refractivity contribution in [2.24, 2.45) is 5.41 Å². The summed E-state index contributed by atoms with van der Waals surface area (Å²) < 4.78 is 5.36. The van der Waals surface area contributed by atoms with Gasteiger partial charge in [0.2, 0.25) is 0 Å². The fourth-order valence-corrected chi connectivity index (χ4v) is 4.27. The number of rotatable bonds is 1. The molecule has 0 unspecified atom stereocenters. The molecule has 4 nitrogen and oxygen atoms in total. The molecule has 0 spiro atoms. The lowest BCUT2D eigenvalue weighted by atomic mass is 9.75. The molecule has 0 bridgehead atoms. The van der Waals surface area contributed by atoms with E-state index >= 15 is 0 Å². The van der Waals surface area contributed by atoms with Crippen LogP contribution in [-0.4, -0.2) is 32.1 Å². The lowest BCUT2D eigenvalue weighted by Gasteiger charge is -2.28. The number of thiophene rings is 1. The van der Waals surface area contributed by atoms with Gasteiger partial charge < -0.3 is 9.64 Å². The Kier molecular flexibility index (Phi) is 3.31. The third-order valence-corrected chi connectivity index (χ3v) is 5.28. The average Bonchev–Trinajstić information content (AvgIpc) is 2.77. The molecule has 0 radical (unpaired) electrons. The number of ether oxygens (including phenoxy) is 1. The minimum absolute atomic E-state index is 0.0426. The van der Waals surface area contributed by atoms with Crippen LogP contribution in [0.25, 0.3) is 0 Å². The summed E-state index contributed by atoms with van der Waals surface area (Å²) in [5.41, 5.74) is 1.65. The summed E-state index contributed by atoms with van der Waals surface area (Å²) in [6.07, 6.45) is 1.39. The average molecular weight is 290 g/mol. The van der Waals surface area contributed by atoms with E-state index in [0.717, 1.165) is 35.0 Å². The van der Waals surface area contributed by atoms with E-state index in [1.165, 1.54) is 11.3 Å². The van der Waals surface area contributed by atoms with Crippen molar-refractivity contribution < 1.29 is 9.53 Å². The number of nitriles is 1. The van der Waals surface area contributed by atoms with Crippen LogP contribution >= 0.6 is 11.3 Å². The molecular formula is C15H18N2O2S. The van der Waals surface area contributed by atoms with Gasteiger partial charge in [-0.25, -0.2) is 0 Å². The van der Waals surface area contributed by atoms with Crippen molar-refractivity contribution in [2.75, 3.05) is 31.2 Å². The van der Waals surface area contributed by atoms with E-state index in [1.54, 1.807) is 0 Å². The van der Waals surface area contributed by atoms with Gasteiger partial charge in [0.25, 0.3) is 0 Å². The highest BCUT2D eigenvalue weighted by Gasteiger charge is 2.36. The first-order valence-corrected chi connectivity index (χ1v) is 7.75. The molecule has 0 N–H and O–H groups in total. The molecule has 1 aliphatic heterocycles. The second kappa shape index (κ2) is 4.87. The van der Waals surface area contributed by atoms with Crippen LogP contribution in [0.2, 0.25) is 0 Å². The maximum atomic E-state index is 12.3. The molecule has 20 heavy (non-hydrogen) atoms. The Morgan fingerprint density at radius 2 is 2.00 bits per heavy atom. The highest BCUT2D eigenvalue weighted by atomic mass is 32.1. The number of fused-ring (bicyclic) bond motifs is 1. The van der Waals surface area contributed by atoms with Crippen molar-refractivity contribution in [1.82, 2.24) is 0 Å². The van der Waals surface area contributed by atoms with Gasteiger partial charge in [-0.3, -0.25) is 4.79 Å². The van der Waals surface area contributed by atoms with E-state index in [0.29, 0.717) is 25.2 Å². The Morgan fingerprint density at radius 3 is 2.65 bits per heavy atom. The number of Topliss-reactive ketones (excluding diaryl/α,β-unsaturated/α-hetero) is 1. The van der Waals surface area contributed by atoms with Gasteiger partial charge in [-0.1, -0.05) is 13.8 Å². The number of morpholine rings is 1. The van der Waals surface area contributed by atoms with Gasteiger partial charge in [0.15, 0.2) is 5.78 Å². The van der Waals surface area contributed by atoms with Crippen LogP contribution in [-0.2, 0) is 11.2 Å². The van der Waals surface area contributed by atoms with Crippen molar-refractivity contribution in [3.8, 4) is 6.07 Å². The molecule has 2 heterocycles. The summed E-state index contributed by atoms with van der Waals surface area (Å²) in [6.45, 7) is 7.17. The Labute approximate surface area is 123 Å². The molecule has 1 aliphatic carbocycles. The summed E-state index contributed by atoms with van der Waals surface area (Å²) >= 11 is 1.50. The Hall–Kier alpha value is -1.38. The highest BCUT2D eigenvalue weighted by molar-refractivity contribution is 7.18. The number of carbonyl (C=O) groups excluding carboxylic acids is 1. The summed E-state index contributed by atoms with van der Waals surface area (Å²) in [4.78, 5) is 15.3. The molecule has 0 atom stereocenters. The molecule has 5 heteroatoms. The summed E-state index contributed by atoms with van der Waals surface area (Å²) in [5.74, 6) is 0.192. The third-order valence-electron chi connectivity index (χ3n) is 3.95. The first-order valence-electron chi connectivity index (χ1n) is 6.93. The van der Waals surface area contributed by atoms with Crippen molar-refractivity contribution in [3.05, 3.63) is 16.0 Å². The molecule has 1 saturated heterocycles. The maximum Gasteiger partial charge on any atom is 0.173 e. The standard InChI is InChI=1S/C15H18N2O2S/c1-15(2)7-10-11(9-16)14(17-3-5-19-6-4-17)20-13(10)12(18)8-15/h3-8H2,1-2H3. The zero-order valence-electron chi connectivity index (χ0n) is 11.9. The quantitative estimate of drug-likeness (QED) is 0.798. The fraction of sp³-hybridized carbons (Fsp3) is 0.600. The van der Waals surface area contributed by atoms with E-state index in [4.69, 9.17) is 4.74 Å². The van der Waals surface area contributed by atoms with Gasteiger partial charge >= 0.3 is 0 Å². The first-order chi connectivity index (χ1) is 9.52. The molecule has 2 aliphatic rings. The van der Waals surface area contributed by atoms with Crippen LogP contribution in [0.4, 0.5) is 5.00 Å². The van der Waals surface area contributed by atoms with Crippen molar-refractivity contribution in [2.45, 2.75) is 26.7 Å². The highest BCUT2D eigenvalue weighted by Crippen LogP contribution is 2.44. The number of carbonyl (C=O) groups is 1. The number of ketones is 1. The second-order valence-corrected chi connectivity index (χ2v) is 7.24. The number of anilines is 1. The molecule has 106 valence electrons. The minimum Gasteiger partial charge on any atom is -0.378 e. The summed E-state index contributed by atoms with van der Waals surface area (Å²) in [5, 5.41) is 10.5. The van der Waals surface area contributed by atoms with Gasteiger partial charge in [0.05, 0.1) is 23.7 Å². The SMILES string of the molecule is CC1(C)CC(=O)c2sc(N3CCOCC3)c(C#N)c2C1. The third kappa shape index (κ3) is 2.23. The van der Waals surface area contributed by atoms with Crippen LogP contribution < -0.4 is 4.90 Å². The topological polar surface area (TPSA) is 53.3 Å². The Morgan fingerprint density at radius 1 is 1.30 bits per heavy atom. The fourth-order valence-electron chi connectivity index (χ4n) is 3.01. The maximum absolute atomic E-state index is 12.3. The first kappa shape index (κ1) is 13.6. The van der Waals surface area contributed by atoms with E-state index in [1.807, 2.05) is 0 Å². The largest absolute Gasteiger partial charge is 0.378 e. The predicted octanol–water partition coefficient (Wildman–Crippen LogP) is 2.61. The van der Waals surface area contributed by atoms with Crippen molar-refractivity contribution >= 4 is 22.1 Å². The Balaban J connectivity index is 2.06. The molecule has 0 aromatic carbocycles. The van der Waals surface area contributed by atoms with Crippen molar-refractivity contribution in [3.63, 3.8) is 0 Å². The molecular weight excluding hydrogens is 272 g/mol. The van der Waals surface area contributed by atoms with Gasteiger partial charge in [-0.2, -0.15) is 5.26 Å². The van der Waals surface area contributed by atoms with Crippen LogP contribution in [0.3, 0.4) is 0 Å². The number of hydrogen-bond donors (Lipinski definition) is 0. The molecule has 0 saturated carbocycles.